The zero-order valence-electron chi connectivity index (χ0n) is 5.59. The summed E-state index contributed by atoms with van der Waals surface area (Å²) in [5.41, 5.74) is 0. The molecule has 9 heavy (non-hydrogen) atoms. The topological polar surface area (TPSA) is 52.6 Å². The minimum absolute atomic E-state index is 0.302. The fourth-order valence-corrected chi connectivity index (χ4v) is 0.429. The van der Waals surface area contributed by atoms with E-state index in [0.29, 0.717) is 13.2 Å². The lowest BCUT2D eigenvalue weighted by atomic mass is 10.7. The van der Waals surface area contributed by atoms with Crippen LogP contribution in [0, 0.1) is 0 Å². The second-order valence-corrected chi connectivity index (χ2v) is 1.38. The van der Waals surface area contributed by atoms with Crippen molar-refractivity contribution in [2.24, 2.45) is 0 Å². The van der Waals surface area contributed by atoms with Gasteiger partial charge in [0, 0.05) is 6.54 Å². The molecule has 0 atom stereocenters. The Morgan fingerprint density at radius 1 is 1.67 bits per heavy atom. The van der Waals surface area contributed by atoms with Crippen LogP contribution in [-0.2, 0) is 4.84 Å². The van der Waals surface area contributed by atoms with Crippen molar-refractivity contribution in [3.8, 4) is 0 Å². The number of amides is 1. The van der Waals surface area contributed by atoms with Gasteiger partial charge in [-0.1, -0.05) is 0 Å². The molecule has 54 valence electrons. The zero-order valence-corrected chi connectivity index (χ0v) is 5.59. The molecule has 0 aromatic heterocycles. The van der Waals surface area contributed by atoms with Crippen LogP contribution in [0.25, 0.3) is 0 Å². The number of carbonyl (C=O) groups is 1. The van der Waals surface area contributed by atoms with Crippen LogP contribution >= 0.6 is 0 Å². The Balaban J connectivity index is 3.54. The van der Waals surface area contributed by atoms with E-state index in [1.54, 1.807) is 13.8 Å². The first-order chi connectivity index (χ1) is 4.22. The molecular weight excluding hydrogens is 122 g/mol. The van der Waals surface area contributed by atoms with Crippen molar-refractivity contribution < 1.29 is 14.7 Å². The Morgan fingerprint density at radius 3 is 2.33 bits per heavy atom. The zero-order chi connectivity index (χ0) is 7.28. The molecule has 0 aliphatic carbocycles. The number of rotatable bonds is 3. The van der Waals surface area contributed by atoms with Gasteiger partial charge in [-0.2, -0.15) is 0 Å². The predicted molar refractivity (Wildman–Crippen MR) is 29.4 cm³/mol. The fourth-order valence-electron chi connectivity index (χ4n) is 0.429. The minimum Gasteiger partial charge on any atom is -0.528 e. The van der Waals surface area contributed by atoms with Crippen LogP contribution in [0.4, 0.5) is 4.79 Å². The summed E-state index contributed by atoms with van der Waals surface area (Å²) in [6.07, 6.45) is -1.29. The number of carbonyl (C=O) groups excluding carboxylic acids is 1. The van der Waals surface area contributed by atoms with Crippen LogP contribution in [0.5, 0.6) is 0 Å². The highest BCUT2D eigenvalue weighted by molar-refractivity contribution is 5.60. The highest BCUT2D eigenvalue weighted by atomic mass is 16.7. The minimum atomic E-state index is -1.29. The number of hydrogen-bond acceptors (Lipinski definition) is 3. The maximum Gasteiger partial charge on any atom is 0.162 e. The van der Waals surface area contributed by atoms with E-state index in [0.717, 1.165) is 5.06 Å². The summed E-state index contributed by atoms with van der Waals surface area (Å²) in [5.74, 6) is 0. The molecule has 0 radical (unpaired) electrons. The quantitative estimate of drug-likeness (QED) is 0.491. The second-order valence-electron chi connectivity index (χ2n) is 1.38. The van der Waals surface area contributed by atoms with E-state index < -0.39 is 6.09 Å². The Hall–Kier alpha value is -0.770. The van der Waals surface area contributed by atoms with Gasteiger partial charge in [0.05, 0.1) is 6.61 Å². The molecule has 0 aromatic rings. The predicted octanol–water partition coefficient (Wildman–Crippen LogP) is -0.397. The smallest absolute Gasteiger partial charge is 0.162 e. The van der Waals surface area contributed by atoms with Gasteiger partial charge in [-0.25, -0.2) is 5.06 Å². The van der Waals surface area contributed by atoms with Gasteiger partial charge in [0.2, 0.25) is 0 Å². The number of carboxylic acid groups (broad SMARTS) is 1. The SMILES string of the molecule is CCON(CC)C(=O)[O-]. The summed E-state index contributed by atoms with van der Waals surface area (Å²) in [6.45, 7) is 4.04. The maximum atomic E-state index is 10.0. The molecule has 0 aliphatic rings. The molecule has 0 aromatic carbocycles. The third-order valence-electron chi connectivity index (χ3n) is 0.776. The van der Waals surface area contributed by atoms with Gasteiger partial charge in [0.25, 0.3) is 0 Å². The molecule has 0 spiro atoms. The standard InChI is InChI=1S/C5H11NO3/c1-3-6(5(7)8)9-4-2/h3-4H2,1-2H3,(H,7,8)/p-1. The maximum absolute atomic E-state index is 10.0. The van der Waals surface area contributed by atoms with Gasteiger partial charge >= 0.3 is 0 Å². The lowest BCUT2D eigenvalue weighted by Gasteiger charge is -2.20. The molecule has 1 amide bonds. The lowest BCUT2D eigenvalue weighted by molar-refractivity contribution is -0.301. The van der Waals surface area contributed by atoms with Crippen LogP contribution in [0.1, 0.15) is 13.8 Å². The molecule has 0 bridgehead atoms. The number of hydroxylamine groups is 2. The Morgan fingerprint density at radius 2 is 2.22 bits per heavy atom. The first-order valence-electron chi connectivity index (χ1n) is 2.83. The Labute approximate surface area is 54.0 Å². The molecule has 0 saturated heterocycles. The number of nitrogens with zero attached hydrogens (tertiary/aromatic N) is 1. The summed E-state index contributed by atoms with van der Waals surface area (Å²) in [5, 5.41) is 10.8. The van der Waals surface area contributed by atoms with Gasteiger partial charge in [0.15, 0.2) is 6.09 Å². The Kier molecular flexibility index (Phi) is 3.79. The van der Waals surface area contributed by atoms with Crippen molar-refractivity contribution in [3.63, 3.8) is 0 Å². The van der Waals surface area contributed by atoms with Crippen LogP contribution in [0.2, 0.25) is 0 Å². The van der Waals surface area contributed by atoms with Gasteiger partial charge < -0.3 is 9.90 Å². The molecule has 0 heterocycles. The molecule has 4 heteroatoms. The first-order valence-corrected chi connectivity index (χ1v) is 2.83. The summed E-state index contributed by atoms with van der Waals surface area (Å²) in [6, 6.07) is 0. The van der Waals surface area contributed by atoms with E-state index in [1.165, 1.54) is 0 Å². The average Bonchev–Trinajstić information content (AvgIpc) is 1.82. The summed E-state index contributed by atoms with van der Waals surface area (Å²) >= 11 is 0. The highest BCUT2D eigenvalue weighted by Crippen LogP contribution is 1.86. The van der Waals surface area contributed by atoms with Crippen molar-refractivity contribution >= 4 is 6.09 Å². The first kappa shape index (κ1) is 8.23. The number of hydrogen-bond donors (Lipinski definition) is 0. The van der Waals surface area contributed by atoms with Gasteiger partial charge in [0.1, 0.15) is 0 Å². The van der Waals surface area contributed by atoms with Crippen molar-refractivity contribution in [1.82, 2.24) is 5.06 Å². The molecule has 0 rings (SSSR count). The Bertz CT molecular complexity index is 94.2. The van der Waals surface area contributed by atoms with E-state index in [2.05, 4.69) is 4.84 Å². The summed E-state index contributed by atoms with van der Waals surface area (Å²) < 4.78 is 0. The summed E-state index contributed by atoms with van der Waals surface area (Å²) in [7, 11) is 0. The van der Waals surface area contributed by atoms with E-state index in [4.69, 9.17) is 0 Å². The third-order valence-corrected chi connectivity index (χ3v) is 0.776. The molecular formula is C5H10NO3-. The van der Waals surface area contributed by atoms with Crippen LogP contribution in [-0.4, -0.2) is 24.3 Å². The van der Waals surface area contributed by atoms with Crippen LogP contribution < -0.4 is 5.11 Å². The summed E-state index contributed by atoms with van der Waals surface area (Å²) in [4.78, 5) is 14.6. The molecule has 0 aliphatic heterocycles. The third kappa shape index (κ3) is 2.92. The van der Waals surface area contributed by atoms with E-state index in [1.807, 2.05) is 0 Å². The van der Waals surface area contributed by atoms with Crippen molar-refractivity contribution in [2.45, 2.75) is 13.8 Å². The van der Waals surface area contributed by atoms with Gasteiger partial charge in [-0.15, -0.1) is 0 Å². The van der Waals surface area contributed by atoms with Crippen LogP contribution in [0.3, 0.4) is 0 Å². The van der Waals surface area contributed by atoms with E-state index in [9.17, 15) is 9.90 Å². The highest BCUT2D eigenvalue weighted by Gasteiger charge is 1.97. The van der Waals surface area contributed by atoms with Gasteiger partial charge in [-0.05, 0) is 13.8 Å². The van der Waals surface area contributed by atoms with E-state index in [-0.39, 0.29) is 0 Å². The molecule has 0 saturated carbocycles. The van der Waals surface area contributed by atoms with Gasteiger partial charge in [-0.3, -0.25) is 4.84 Å². The second kappa shape index (κ2) is 4.14. The largest absolute Gasteiger partial charge is 0.528 e. The fraction of sp³-hybridized carbons (Fsp3) is 0.800. The molecule has 0 unspecified atom stereocenters. The molecule has 0 fully saturated rings. The van der Waals surface area contributed by atoms with Crippen LogP contribution in [0.15, 0.2) is 0 Å². The van der Waals surface area contributed by atoms with E-state index >= 15 is 0 Å². The van der Waals surface area contributed by atoms with Crippen molar-refractivity contribution in [3.05, 3.63) is 0 Å². The van der Waals surface area contributed by atoms with Crippen molar-refractivity contribution in [1.29, 1.82) is 0 Å². The molecule has 4 nitrogen and oxygen atoms in total. The lowest BCUT2D eigenvalue weighted by Crippen LogP contribution is -2.40. The van der Waals surface area contributed by atoms with Crippen molar-refractivity contribution in [2.75, 3.05) is 13.2 Å². The molecule has 0 N–H and O–H groups in total. The normalized spacial score (nSPS) is 9.11. The monoisotopic (exact) mass is 132 g/mol. The average molecular weight is 132 g/mol.